The lowest BCUT2D eigenvalue weighted by Crippen LogP contribution is -2.51. The summed E-state index contributed by atoms with van der Waals surface area (Å²) in [6.07, 6.45) is 0. The normalized spacial score (nSPS) is 17.1. The number of aromatic nitrogens is 2. The van der Waals surface area contributed by atoms with Crippen molar-refractivity contribution in [2.75, 3.05) is 32.7 Å². The van der Waals surface area contributed by atoms with Gasteiger partial charge in [0.05, 0.1) is 24.3 Å². The molecule has 3 aromatic rings. The van der Waals surface area contributed by atoms with E-state index in [9.17, 15) is 13.2 Å². The minimum atomic E-state index is -3.66. The summed E-state index contributed by atoms with van der Waals surface area (Å²) in [6, 6.07) is 14.7. The Labute approximate surface area is 179 Å². The van der Waals surface area contributed by atoms with Crippen LogP contribution in [0.4, 0.5) is 0 Å². The van der Waals surface area contributed by atoms with Crippen molar-refractivity contribution in [1.29, 1.82) is 0 Å². The number of nitrogens with one attached hydrogen (secondary N) is 1. The lowest BCUT2D eigenvalue weighted by molar-refractivity contribution is -0.123. The molecular formula is C20H23N5O3S2. The zero-order valence-electron chi connectivity index (χ0n) is 16.6. The monoisotopic (exact) mass is 445 g/mol. The molecule has 4 rings (SSSR count). The first-order valence-corrected chi connectivity index (χ1v) is 11.9. The Morgan fingerprint density at radius 2 is 1.80 bits per heavy atom. The highest BCUT2D eigenvalue weighted by Crippen LogP contribution is 2.25. The van der Waals surface area contributed by atoms with E-state index in [1.165, 1.54) is 4.31 Å². The van der Waals surface area contributed by atoms with Crippen molar-refractivity contribution in [1.82, 2.24) is 23.3 Å². The topological polar surface area (TPSA) is 95.5 Å². The Kier molecular flexibility index (Phi) is 6.09. The lowest BCUT2D eigenvalue weighted by Gasteiger charge is -2.33. The molecule has 0 radical (unpaired) electrons. The molecule has 1 N–H and O–H groups in total. The number of hydrogen-bond acceptors (Lipinski definition) is 7. The van der Waals surface area contributed by atoms with Crippen molar-refractivity contribution in [3.63, 3.8) is 0 Å². The molecule has 2 aromatic carbocycles. The van der Waals surface area contributed by atoms with Gasteiger partial charge in [-0.15, -0.1) is 0 Å². The third-order valence-corrected chi connectivity index (χ3v) is 7.72. The molecule has 0 saturated carbocycles. The van der Waals surface area contributed by atoms with Gasteiger partial charge in [0.25, 0.3) is 0 Å². The maximum Gasteiger partial charge on any atom is 0.245 e. The number of amides is 1. The molecule has 1 aliphatic rings. The van der Waals surface area contributed by atoms with Gasteiger partial charge in [-0.1, -0.05) is 36.4 Å². The Balaban J connectivity index is 1.34. The Morgan fingerprint density at radius 3 is 2.53 bits per heavy atom. The van der Waals surface area contributed by atoms with Crippen LogP contribution in [0.25, 0.3) is 11.0 Å². The number of nitrogens with zero attached hydrogens (tertiary/aromatic N) is 4. The summed E-state index contributed by atoms with van der Waals surface area (Å²) in [4.78, 5) is 14.6. The largest absolute Gasteiger partial charge is 0.348 e. The van der Waals surface area contributed by atoms with E-state index in [2.05, 4.69) is 14.1 Å². The molecule has 1 aliphatic heterocycles. The maximum atomic E-state index is 13.1. The van der Waals surface area contributed by atoms with Crippen molar-refractivity contribution >= 4 is 38.7 Å². The van der Waals surface area contributed by atoms with Gasteiger partial charge in [-0.2, -0.15) is 13.1 Å². The molecular weight excluding hydrogens is 422 g/mol. The lowest BCUT2D eigenvalue weighted by atomic mass is 10.1. The minimum absolute atomic E-state index is 0.0685. The maximum absolute atomic E-state index is 13.1. The van der Waals surface area contributed by atoms with E-state index in [4.69, 9.17) is 0 Å². The molecule has 10 heteroatoms. The van der Waals surface area contributed by atoms with Gasteiger partial charge in [0, 0.05) is 26.2 Å². The second kappa shape index (κ2) is 8.76. The first kappa shape index (κ1) is 20.9. The Bertz CT molecular complexity index is 1130. The molecule has 2 heterocycles. The van der Waals surface area contributed by atoms with Crippen LogP contribution in [0.15, 0.2) is 53.4 Å². The summed E-state index contributed by atoms with van der Waals surface area (Å²) in [6.45, 7) is 3.85. The van der Waals surface area contributed by atoms with Gasteiger partial charge in [-0.3, -0.25) is 9.69 Å². The van der Waals surface area contributed by atoms with Crippen LogP contribution in [-0.2, 0) is 14.8 Å². The summed E-state index contributed by atoms with van der Waals surface area (Å²) in [5.74, 6) is -0.0685. The molecule has 0 unspecified atom stereocenters. The van der Waals surface area contributed by atoms with Crippen molar-refractivity contribution in [2.24, 2.45) is 0 Å². The van der Waals surface area contributed by atoms with Crippen molar-refractivity contribution < 1.29 is 13.2 Å². The number of sulfonamides is 1. The first-order chi connectivity index (χ1) is 14.4. The van der Waals surface area contributed by atoms with Crippen molar-refractivity contribution in [3.05, 3.63) is 54.1 Å². The van der Waals surface area contributed by atoms with E-state index < -0.39 is 10.0 Å². The van der Waals surface area contributed by atoms with E-state index in [-0.39, 0.29) is 23.4 Å². The number of carbonyl (C=O) groups excluding carboxylic acids is 1. The number of rotatable bonds is 6. The van der Waals surface area contributed by atoms with Gasteiger partial charge < -0.3 is 5.32 Å². The molecule has 1 amide bonds. The fourth-order valence-electron chi connectivity index (χ4n) is 3.57. The van der Waals surface area contributed by atoms with Crippen molar-refractivity contribution in [3.8, 4) is 0 Å². The van der Waals surface area contributed by atoms with Gasteiger partial charge in [0.15, 0.2) is 0 Å². The van der Waals surface area contributed by atoms with E-state index in [1.54, 1.807) is 18.2 Å². The van der Waals surface area contributed by atoms with E-state index in [0.29, 0.717) is 37.2 Å². The third kappa shape index (κ3) is 4.36. The quantitative estimate of drug-likeness (QED) is 0.622. The van der Waals surface area contributed by atoms with Gasteiger partial charge in [-0.05, 0) is 24.6 Å². The zero-order chi connectivity index (χ0) is 21.1. The predicted molar refractivity (Wildman–Crippen MR) is 116 cm³/mol. The summed E-state index contributed by atoms with van der Waals surface area (Å²) in [5.41, 5.74) is 2.05. The molecule has 0 aliphatic carbocycles. The van der Waals surface area contributed by atoms with Crippen LogP contribution in [0, 0.1) is 0 Å². The SMILES string of the molecule is C[C@H](NC(=O)CN1CCN(S(=O)(=O)c2cccc3nsnc23)CC1)c1ccccc1. The number of hydrogen-bond donors (Lipinski definition) is 1. The Morgan fingerprint density at radius 1 is 1.07 bits per heavy atom. The van der Waals surface area contributed by atoms with Crippen LogP contribution in [0.5, 0.6) is 0 Å². The van der Waals surface area contributed by atoms with Crippen LogP contribution in [0.2, 0.25) is 0 Å². The first-order valence-electron chi connectivity index (χ1n) is 9.73. The highest BCUT2D eigenvalue weighted by atomic mass is 32.2. The average molecular weight is 446 g/mol. The van der Waals surface area contributed by atoms with Crippen molar-refractivity contribution in [2.45, 2.75) is 17.9 Å². The fraction of sp³-hybridized carbons (Fsp3) is 0.350. The molecule has 1 aromatic heterocycles. The number of benzene rings is 2. The zero-order valence-corrected chi connectivity index (χ0v) is 18.2. The van der Waals surface area contributed by atoms with Gasteiger partial charge in [0.1, 0.15) is 15.9 Å². The molecule has 1 fully saturated rings. The fourth-order valence-corrected chi connectivity index (χ4v) is 5.75. The van der Waals surface area contributed by atoms with Gasteiger partial charge in [-0.25, -0.2) is 8.42 Å². The minimum Gasteiger partial charge on any atom is -0.348 e. The highest BCUT2D eigenvalue weighted by Gasteiger charge is 2.31. The van der Waals surface area contributed by atoms with Crippen LogP contribution in [-0.4, -0.2) is 65.0 Å². The molecule has 0 spiro atoms. The number of carbonyl (C=O) groups is 1. The summed E-state index contributed by atoms with van der Waals surface area (Å²) in [7, 11) is -3.66. The smallest absolute Gasteiger partial charge is 0.245 e. The van der Waals surface area contributed by atoms with Gasteiger partial charge >= 0.3 is 0 Å². The second-order valence-electron chi connectivity index (χ2n) is 7.27. The average Bonchev–Trinajstić information content (AvgIpc) is 3.23. The van der Waals surface area contributed by atoms with E-state index >= 15 is 0 Å². The molecule has 158 valence electrons. The standard InChI is InChI=1S/C20H23N5O3S2/c1-15(16-6-3-2-4-7-16)21-19(26)14-24-10-12-25(13-11-24)30(27,28)18-9-5-8-17-20(18)23-29-22-17/h2-9,15H,10-14H2,1H3,(H,21,26)/t15-/m0/s1. The number of fused-ring (bicyclic) bond motifs is 1. The van der Waals surface area contributed by atoms with E-state index in [0.717, 1.165) is 17.3 Å². The van der Waals surface area contributed by atoms with Crippen LogP contribution in [0.1, 0.15) is 18.5 Å². The molecule has 30 heavy (non-hydrogen) atoms. The van der Waals surface area contributed by atoms with E-state index in [1.807, 2.05) is 42.2 Å². The molecule has 8 nitrogen and oxygen atoms in total. The molecule has 1 saturated heterocycles. The summed E-state index contributed by atoms with van der Waals surface area (Å²) in [5, 5.41) is 3.00. The summed E-state index contributed by atoms with van der Waals surface area (Å²) < 4.78 is 35.9. The van der Waals surface area contributed by atoms with Crippen LogP contribution < -0.4 is 5.32 Å². The molecule has 0 bridgehead atoms. The number of piperazine rings is 1. The second-order valence-corrected chi connectivity index (χ2v) is 9.70. The predicted octanol–water partition coefficient (Wildman–Crippen LogP) is 1.87. The summed E-state index contributed by atoms with van der Waals surface area (Å²) >= 11 is 1.00. The van der Waals surface area contributed by atoms with Gasteiger partial charge in [0.2, 0.25) is 15.9 Å². The van der Waals surface area contributed by atoms with Crippen LogP contribution >= 0.6 is 11.7 Å². The molecule has 1 atom stereocenters. The highest BCUT2D eigenvalue weighted by molar-refractivity contribution is 7.89. The Hall–Kier alpha value is -2.40. The van der Waals surface area contributed by atoms with Crippen LogP contribution in [0.3, 0.4) is 0 Å². The third-order valence-electron chi connectivity index (χ3n) is 5.24.